The van der Waals surface area contributed by atoms with Gasteiger partial charge in [0.05, 0.1) is 16.5 Å². The summed E-state index contributed by atoms with van der Waals surface area (Å²) in [6.07, 6.45) is 0.398. The van der Waals surface area contributed by atoms with Crippen LogP contribution >= 0.6 is 0 Å². The number of amides is 4. The second kappa shape index (κ2) is 8.81. The molecule has 1 saturated heterocycles. The molecular weight excluding hydrogens is 446 g/mol. The van der Waals surface area contributed by atoms with Crippen LogP contribution in [-0.4, -0.2) is 32.3 Å². The van der Waals surface area contributed by atoms with E-state index in [1.807, 2.05) is 0 Å². The molecule has 2 heterocycles. The SMILES string of the molecule is CCC1(c2ccccc2)NC(=O)N(NC(=O)CCCn2c(=O)oc3cc([N+](=O)[O-])ccc32)C1=O. The van der Waals surface area contributed by atoms with Crippen molar-refractivity contribution >= 4 is 34.6 Å². The summed E-state index contributed by atoms with van der Waals surface area (Å²) in [5, 5.41) is 14.2. The van der Waals surface area contributed by atoms with Crippen LogP contribution in [0.15, 0.2) is 57.7 Å². The maximum absolute atomic E-state index is 13.1. The number of aromatic nitrogens is 1. The van der Waals surface area contributed by atoms with Crippen molar-refractivity contribution in [3.8, 4) is 0 Å². The van der Waals surface area contributed by atoms with Gasteiger partial charge in [-0.1, -0.05) is 37.3 Å². The van der Waals surface area contributed by atoms with E-state index in [1.54, 1.807) is 37.3 Å². The fourth-order valence-corrected chi connectivity index (χ4v) is 4.00. The Hall–Kier alpha value is -4.48. The number of carbonyl (C=O) groups excluding carboxylic acids is 3. The van der Waals surface area contributed by atoms with Crippen LogP contribution in [0.25, 0.3) is 11.1 Å². The molecule has 4 rings (SSSR count). The van der Waals surface area contributed by atoms with Crippen molar-refractivity contribution in [1.82, 2.24) is 20.3 Å². The van der Waals surface area contributed by atoms with Gasteiger partial charge in [-0.2, -0.15) is 5.01 Å². The molecule has 1 aromatic heterocycles. The third-order valence-electron chi connectivity index (χ3n) is 5.77. The van der Waals surface area contributed by atoms with Crippen LogP contribution in [-0.2, 0) is 21.7 Å². The van der Waals surface area contributed by atoms with Crippen molar-refractivity contribution in [2.45, 2.75) is 38.3 Å². The summed E-state index contributed by atoms with van der Waals surface area (Å²) in [4.78, 5) is 60.4. The van der Waals surface area contributed by atoms with Gasteiger partial charge in [-0.3, -0.25) is 29.7 Å². The van der Waals surface area contributed by atoms with Crippen LogP contribution in [0, 0.1) is 10.1 Å². The van der Waals surface area contributed by atoms with E-state index in [9.17, 15) is 29.3 Å². The summed E-state index contributed by atoms with van der Waals surface area (Å²) >= 11 is 0. The van der Waals surface area contributed by atoms with Gasteiger partial charge in [0.2, 0.25) is 5.91 Å². The fraction of sp³-hybridized carbons (Fsp3) is 0.273. The van der Waals surface area contributed by atoms with Crippen molar-refractivity contribution in [3.63, 3.8) is 0 Å². The molecule has 1 aliphatic heterocycles. The van der Waals surface area contributed by atoms with Crippen molar-refractivity contribution in [3.05, 3.63) is 74.8 Å². The molecule has 0 radical (unpaired) electrons. The van der Waals surface area contributed by atoms with E-state index in [0.29, 0.717) is 22.5 Å². The second-order valence-electron chi connectivity index (χ2n) is 7.76. The van der Waals surface area contributed by atoms with E-state index < -0.39 is 34.1 Å². The van der Waals surface area contributed by atoms with E-state index in [1.165, 1.54) is 16.7 Å². The van der Waals surface area contributed by atoms with Gasteiger partial charge in [-0.15, -0.1) is 0 Å². The largest absolute Gasteiger partial charge is 0.419 e. The minimum atomic E-state index is -1.27. The number of hydrazine groups is 1. The highest BCUT2D eigenvalue weighted by atomic mass is 16.6. The molecule has 3 aromatic rings. The first-order chi connectivity index (χ1) is 16.3. The molecule has 0 saturated carbocycles. The minimum absolute atomic E-state index is 0.0693. The zero-order valence-corrected chi connectivity index (χ0v) is 18.1. The highest BCUT2D eigenvalue weighted by Gasteiger charge is 2.52. The van der Waals surface area contributed by atoms with E-state index in [-0.39, 0.29) is 30.7 Å². The molecule has 12 nitrogen and oxygen atoms in total. The molecule has 1 fully saturated rings. The molecule has 1 aliphatic rings. The monoisotopic (exact) mass is 467 g/mol. The number of hydrogen-bond donors (Lipinski definition) is 2. The lowest BCUT2D eigenvalue weighted by Crippen LogP contribution is -2.48. The first-order valence-corrected chi connectivity index (χ1v) is 10.6. The number of nitro groups is 1. The quantitative estimate of drug-likeness (QED) is 0.292. The lowest BCUT2D eigenvalue weighted by molar-refractivity contribution is -0.384. The molecule has 2 aromatic carbocycles. The van der Waals surface area contributed by atoms with Gasteiger partial charge in [0.25, 0.3) is 11.6 Å². The number of nitrogens with one attached hydrogen (secondary N) is 2. The number of carbonyl (C=O) groups is 3. The minimum Gasteiger partial charge on any atom is -0.407 e. The zero-order valence-electron chi connectivity index (χ0n) is 18.1. The zero-order chi connectivity index (χ0) is 24.5. The maximum Gasteiger partial charge on any atom is 0.419 e. The van der Waals surface area contributed by atoms with Gasteiger partial charge in [-0.05, 0) is 24.5 Å². The number of non-ortho nitro benzene ring substituents is 1. The third-order valence-corrected chi connectivity index (χ3v) is 5.77. The van der Waals surface area contributed by atoms with Crippen molar-refractivity contribution in [2.75, 3.05) is 0 Å². The molecule has 4 amide bonds. The predicted molar refractivity (Wildman–Crippen MR) is 118 cm³/mol. The van der Waals surface area contributed by atoms with Crippen molar-refractivity contribution < 1.29 is 23.7 Å². The number of hydrogen-bond acceptors (Lipinski definition) is 7. The first kappa shape index (κ1) is 22.7. The van der Waals surface area contributed by atoms with Crippen LogP contribution in [0.3, 0.4) is 0 Å². The molecule has 12 heteroatoms. The average Bonchev–Trinajstić information content (AvgIpc) is 3.27. The molecule has 1 atom stereocenters. The van der Waals surface area contributed by atoms with E-state index in [2.05, 4.69) is 10.7 Å². The Morgan fingerprint density at radius 2 is 1.91 bits per heavy atom. The fourth-order valence-electron chi connectivity index (χ4n) is 4.00. The molecule has 1 unspecified atom stereocenters. The number of oxazole rings is 1. The highest BCUT2D eigenvalue weighted by molar-refractivity contribution is 6.08. The second-order valence-corrected chi connectivity index (χ2v) is 7.76. The van der Waals surface area contributed by atoms with E-state index in [4.69, 9.17) is 4.42 Å². The highest BCUT2D eigenvalue weighted by Crippen LogP contribution is 2.31. The van der Waals surface area contributed by atoms with E-state index >= 15 is 0 Å². The first-order valence-electron chi connectivity index (χ1n) is 10.6. The molecule has 0 spiro atoms. The van der Waals surface area contributed by atoms with Gasteiger partial charge in [0.15, 0.2) is 5.58 Å². The summed E-state index contributed by atoms with van der Waals surface area (Å²) in [5.74, 6) is -1.88. The number of nitro benzene ring substituents is 1. The number of aryl methyl sites for hydroxylation is 1. The Balaban J connectivity index is 1.41. The van der Waals surface area contributed by atoms with Gasteiger partial charge in [-0.25, -0.2) is 9.59 Å². The molecule has 34 heavy (non-hydrogen) atoms. The number of benzene rings is 2. The summed E-state index contributed by atoms with van der Waals surface area (Å²) in [6.45, 7) is 1.86. The standard InChI is InChI=1S/C22H21N5O7/c1-2-22(14-7-4-3-5-8-14)19(29)26(20(30)23-22)24-18(28)9-6-12-25-16-11-10-15(27(32)33)13-17(16)34-21(25)31/h3-5,7-8,10-11,13H,2,6,9,12H2,1H3,(H,23,30)(H,24,28). The number of imide groups is 1. The number of urea groups is 1. The summed E-state index contributed by atoms with van der Waals surface area (Å²) in [6, 6.07) is 11.9. The predicted octanol–water partition coefficient (Wildman–Crippen LogP) is 2.17. The lowest BCUT2D eigenvalue weighted by Gasteiger charge is -2.25. The van der Waals surface area contributed by atoms with Crippen LogP contribution in [0.1, 0.15) is 31.7 Å². The van der Waals surface area contributed by atoms with Crippen LogP contribution in [0.4, 0.5) is 10.5 Å². The molecule has 2 N–H and O–H groups in total. The Kier molecular flexibility index (Phi) is 5.88. The lowest BCUT2D eigenvalue weighted by atomic mass is 9.87. The maximum atomic E-state index is 13.1. The van der Waals surface area contributed by atoms with Gasteiger partial charge >= 0.3 is 11.8 Å². The molecule has 0 bridgehead atoms. The topological polar surface area (TPSA) is 157 Å². The summed E-state index contributed by atoms with van der Waals surface area (Å²) in [5.41, 5.74) is 1.90. The van der Waals surface area contributed by atoms with Gasteiger partial charge < -0.3 is 9.73 Å². The van der Waals surface area contributed by atoms with E-state index in [0.717, 1.165) is 6.07 Å². The van der Waals surface area contributed by atoms with Crippen LogP contribution in [0.2, 0.25) is 0 Å². The number of nitrogens with zero attached hydrogens (tertiary/aromatic N) is 3. The Bertz CT molecular complexity index is 1350. The van der Waals surface area contributed by atoms with Gasteiger partial charge in [0, 0.05) is 19.0 Å². The van der Waals surface area contributed by atoms with Gasteiger partial charge in [0.1, 0.15) is 5.54 Å². The number of rotatable bonds is 8. The van der Waals surface area contributed by atoms with Crippen LogP contribution in [0.5, 0.6) is 0 Å². The Morgan fingerprint density at radius 3 is 2.59 bits per heavy atom. The smallest absolute Gasteiger partial charge is 0.407 e. The molecular formula is C22H21N5O7. The summed E-state index contributed by atoms with van der Waals surface area (Å²) in [7, 11) is 0. The molecule has 176 valence electrons. The number of fused-ring (bicyclic) bond motifs is 1. The molecule has 0 aliphatic carbocycles. The normalized spacial score (nSPS) is 17.7. The Labute approximate surface area is 192 Å². The third kappa shape index (κ3) is 3.89. The van der Waals surface area contributed by atoms with Crippen molar-refractivity contribution in [2.24, 2.45) is 0 Å². The Morgan fingerprint density at radius 1 is 1.18 bits per heavy atom. The summed E-state index contributed by atoms with van der Waals surface area (Å²) < 4.78 is 6.32. The average molecular weight is 467 g/mol. The van der Waals surface area contributed by atoms with Crippen molar-refractivity contribution in [1.29, 1.82) is 0 Å². The van der Waals surface area contributed by atoms with Crippen LogP contribution < -0.4 is 16.5 Å².